The Morgan fingerprint density at radius 3 is 2.80 bits per heavy atom. The minimum Gasteiger partial charge on any atom is -0.372 e. The highest BCUT2D eigenvalue weighted by molar-refractivity contribution is 5.82. The summed E-state index contributed by atoms with van der Waals surface area (Å²) < 4.78 is 10.7. The van der Waals surface area contributed by atoms with Gasteiger partial charge in [-0.05, 0) is 25.0 Å². The number of aromatic nitrogens is 6. The maximum atomic E-state index is 12.7. The molecule has 0 radical (unpaired) electrons. The van der Waals surface area contributed by atoms with Crippen molar-refractivity contribution in [2.45, 2.75) is 18.4 Å². The molecule has 1 aromatic carbocycles. The van der Waals surface area contributed by atoms with Crippen LogP contribution in [0.2, 0.25) is 0 Å². The second kappa shape index (κ2) is 4.76. The molecule has 25 heavy (non-hydrogen) atoms. The van der Waals surface area contributed by atoms with Gasteiger partial charge in [-0.25, -0.2) is 4.98 Å². The molecule has 4 aromatic rings. The number of aryl methyl sites for hydroxylation is 1. The lowest BCUT2D eigenvalue weighted by atomic mass is 10.2. The topological polar surface area (TPSA) is 79.2 Å². The van der Waals surface area contributed by atoms with E-state index in [9.17, 15) is 4.79 Å². The minimum atomic E-state index is -0.313. The van der Waals surface area contributed by atoms with E-state index in [1.807, 2.05) is 34.9 Å². The average molecular weight is 336 g/mol. The molecule has 3 aromatic heterocycles. The number of methoxy groups -OCH3 is 1. The second-order valence-corrected chi connectivity index (χ2v) is 6.39. The van der Waals surface area contributed by atoms with Crippen molar-refractivity contribution in [1.29, 1.82) is 0 Å². The standard InChI is InChI=1S/C17H16N6O2/c1-21-15-14(23-9-13(19-20-23)17(25-2)7-8-17)18-10-22(15)12-6-4-3-5-11(12)16(21)24/h3-6,9-10H,7-8H2,1-2H3. The van der Waals surface area contributed by atoms with Crippen molar-refractivity contribution in [3.05, 3.63) is 52.8 Å². The van der Waals surface area contributed by atoms with Crippen molar-refractivity contribution in [2.75, 3.05) is 7.11 Å². The van der Waals surface area contributed by atoms with Crippen molar-refractivity contribution >= 4 is 16.6 Å². The van der Waals surface area contributed by atoms with E-state index in [-0.39, 0.29) is 11.2 Å². The highest BCUT2D eigenvalue weighted by Crippen LogP contribution is 2.47. The molecule has 1 aliphatic rings. The van der Waals surface area contributed by atoms with Crippen LogP contribution in [-0.4, -0.2) is 36.1 Å². The maximum absolute atomic E-state index is 12.7. The Morgan fingerprint density at radius 2 is 2.04 bits per heavy atom. The van der Waals surface area contributed by atoms with Crippen LogP contribution in [0.4, 0.5) is 0 Å². The molecular formula is C17H16N6O2. The second-order valence-electron chi connectivity index (χ2n) is 6.39. The van der Waals surface area contributed by atoms with Gasteiger partial charge in [0.1, 0.15) is 17.6 Å². The van der Waals surface area contributed by atoms with Gasteiger partial charge in [-0.1, -0.05) is 17.3 Å². The number of hydrogen-bond donors (Lipinski definition) is 0. The van der Waals surface area contributed by atoms with Crippen molar-refractivity contribution in [2.24, 2.45) is 7.05 Å². The van der Waals surface area contributed by atoms with Gasteiger partial charge in [0.05, 0.1) is 17.1 Å². The monoisotopic (exact) mass is 336 g/mol. The number of nitrogens with zero attached hydrogens (tertiary/aromatic N) is 6. The molecule has 3 heterocycles. The zero-order chi connectivity index (χ0) is 17.2. The molecule has 8 heteroatoms. The molecule has 1 fully saturated rings. The van der Waals surface area contributed by atoms with Crippen LogP contribution in [0.1, 0.15) is 18.5 Å². The van der Waals surface area contributed by atoms with E-state index in [1.165, 1.54) is 0 Å². The van der Waals surface area contributed by atoms with Crippen molar-refractivity contribution in [3.63, 3.8) is 0 Å². The summed E-state index contributed by atoms with van der Waals surface area (Å²) in [6, 6.07) is 7.49. The first-order valence-electron chi connectivity index (χ1n) is 8.08. The Labute approximate surface area is 142 Å². The summed E-state index contributed by atoms with van der Waals surface area (Å²) >= 11 is 0. The molecule has 0 unspecified atom stereocenters. The van der Waals surface area contributed by atoms with Gasteiger partial charge >= 0.3 is 0 Å². The Balaban J connectivity index is 1.77. The molecule has 0 aliphatic heterocycles. The van der Waals surface area contributed by atoms with Gasteiger partial charge in [0.15, 0.2) is 11.5 Å². The van der Waals surface area contributed by atoms with Gasteiger partial charge in [0, 0.05) is 14.2 Å². The molecule has 1 aliphatic carbocycles. The number of rotatable bonds is 3. The predicted octanol–water partition coefficient (Wildman–Crippen LogP) is 1.40. The lowest BCUT2D eigenvalue weighted by Crippen LogP contribution is -2.20. The first-order valence-corrected chi connectivity index (χ1v) is 8.08. The normalized spacial score (nSPS) is 15.9. The molecule has 0 saturated heterocycles. The Morgan fingerprint density at radius 1 is 1.24 bits per heavy atom. The van der Waals surface area contributed by atoms with Crippen LogP contribution in [-0.2, 0) is 17.4 Å². The summed E-state index contributed by atoms with van der Waals surface area (Å²) in [4.78, 5) is 17.2. The fourth-order valence-electron chi connectivity index (χ4n) is 3.38. The van der Waals surface area contributed by atoms with Crippen molar-refractivity contribution in [3.8, 4) is 5.82 Å². The smallest absolute Gasteiger partial charge is 0.261 e. The minimum absolute atomic E-state index is 0.0688. The summed E-state index contributed by atoms with van der Waals surface area (Å²) in [6.45, 7) is 0. The van der Waals surface area contributed by atoms with Crippen LogP contribution in [0, 0.1) is 0 Å². The molecule has 126 valence electrons. The van der Waals surface area contributed by atoms with Crippen molar-refractivity contribution in [1.82, 2.24) is 28.9 Å². The van der Waals surface area contributed by atoms with Gasteiger partial charge < -0.3 is 4.74 Å². The Bertz CT molecular complexity index is 1180. The predicted molar refractivity (Wildman–Crippen MR) is 90.8 cm³/mol. The van der Waals surface area contributed by atoms with Crippen molar-refractivity contribution < 1.29 is 4.74 Å². The number of ether oxygens (including phenoxy) is 1. The van der Waals surface area contributed by atoms with E-state index in [1.54, 1.807) is 29.7 Å². The molecular weight excluding hydrogens is 320 g/mol. The molecule has 0 bridgehead atoms. The summed E-state index contributed by atoms with van der Waals surface area (Å²) in [5.41, 5.74) is 1.90. The van der Waals surface area contributed by atoms with E-state index < -0.39 is 0 Å². The van der Waals surface area contributed by atoms with Gasteiger partial charge in [-0.2, -0.15) is 4.68 Å². The number of fused-ring (bicyclic) bond motifs is 3. The highest BCUT2D eigenvalue weighted by atomic mass is 16.5. The fourth-order valence-corrected chi connectivity index (χ4v) is 3.38. The zero-order valence-corrected chi connectivity index (χ0v) is 13.9. The number of imidazole rings is 1. The van der Waals surface area contributed by atoms with E-state index >= 15 is 0 Å². The number of benzene rings is 1. The number of hydrogen-bond acceptors (Lipinski definition) is 5. The lowest BCUT2D eigenvalue weighted by molar-refractivity contribution is 0.0751. The largest absolute Gasteiger partial charge is 0.372 e. The molecule has 8 nitrogen and oxygen atoms in total. The third-order valence-corrected chi connectivity index (χ3v) is 5.01. The van der Waals surface area contributed by atoms with Crippen LogP contribution in [0.3, 0.4) is 0 Å². The SMILES string of the molecule is COC1(c2cn(-c3ncn4c5ccccc5c(=O)n(C)c34)nn2)CC1. The van der Waals surface area contributed by atoms with Gasteiger partial charge in [-0.15, -0.1) is 5.10 Å². The Hall–Kier alpha value is -3.00. The molecule has 0 amide bonds. The van der Waals surface area contributed by atoms with Gasteiger partial charge in [-0.3, -0.25) is 13.8 Å². The van der Waals surface area contributed by atoms with Crippen LogP contribution in [0.15, 0.2) is 41.6 Å². The lowest BCUT2D eigenvalue weighted by Gasteiger charge is -2.08. The van der Waals surface area contributed by atoms with Gasteiger partial charge in [0.2, 0.25) is 0 Å². The van der Waals surface area contributed by atoms with Crippen LogP contribution < -0.4 is 5.56 Å². The molecule has 0 spiro atoms. The van der Waals surface area contributed by atoms with E-state index in [0.717, 1.165) is 24.1 Å². The fraction of sp³-hybridized carbons (Fsp3) is 0.294. The molecule has 5 rings (SSSR count). The summed E-state index contributed by atoms with van der Waals surface area (Å²) in [5, 5.41) is 9.11. The highest BCUT2D eigenvalue weighted by Gasteiger charge is 2.47. The van der Waals surface area contributed by atoms with Crippen LogP contribution >= 0.6 is 0 Å². The maximum Gasteiger partial charge on any atom is 0.261 e. The Kier molecular flexibility index (Phi) is 2.73. The first-order chi connectivity index (χ1) is 12.1. The average Bonchev–Trinajstić information content (AvgIpc) is 3.07. The third kappa shape index (κ3) is 1.85. The molecule has 1 saturated carbocycles. The molecule has 0 atom stereocenters. The zero-order valence-electron chi connectivity index (χ0n) is 13.9. The third-order valence-electron chi connectivity index (χ3n) is 5.01. The van der Waals surface area contributed by atoms with Gasteiger partial charge in [0.25, 0.3) is 5.56 Å². The molecule has 0 N–H and O–H groups in total. The van der Waals surface area contributed by atoms with Crippen LogP contribution in [0.25, 0.3) is 22.4 Å². The van der Waals surface area contributed by atoms with Crippen LogP contribution in [0.5, 0.6) is 0 Å². The van der Waals surface area contributed by atoms with E-state index in [0.29, 0.717) is 16.9 Å². The summed E-state index contributed by atoms with van der Waals surface area (Å²) in [6.07, 6.45) is 5.42. The van der Waals surface area contributed by atoms with E-state index in [4.69, 9.17) is 4.74 Å². The quantitative estimate of drug-likeness (QED) is 0.565. The number of para-hydroxylation sites is 1. The first kappa shape index (κ1) is 14.4. The summed E-state index contributed by atoms with van der Waals surface area (Å²) in [5.74, 6) is 0.566. The summed E-state index contributed by atoms with van der Waals surface area (Å²) in [7, 11) is 3.43. The van der Waals surface area contributed by atoms with E-state index in [2.05, 4.69) is 15.3 Å².